The van der Waals surface area contributed by atoms with Gasteiger partial charge in [0.1, 0.15) is 12.6 Å². The summed E-state index contributed by atoms with van der Waals surface area (Å²) in [7, 11) is 0. The summed E-state index contributed by atoms with van der Waals surface area (Å²) in [6.45, 7) is 3.99. The van der Waals surface area contributed by atoms with Crippen molar-refractivity contribution in [2.75, 3.05) is 13.2 Å². The summed E-state index contributed by atoms with van der Waals surface area (Å²) in [5.41, 5.74) is 0.691. The van der Waals surface area contributed by atoms with E-state index in [2.05, 4.69) is 5.32 Å². The molecule has 1 N–H and O–H groups in total. The van der Waals surface area contributed by atoms with Crippen molar-refractivity contribution in [1.29, 1.82) is 0 Å². The van der Waals surface area contributed by atoms with Crippen LogP contribution in [0.4, 0.5) is 4.79 Å². The summed E-state index contributed by atoms with van der Waals surface area (Å²) < 4.78 is 5.04. The molecular weight excluding hydrogens is 284 g/mol. The van der Waals surface area contributed by atoms with Gasteiger partial charge in [-0.1, -0.05) is 44.2 Å². The number of benzene rings is 1. The monoisotopic (exact) mass is 304 g/mol. The van der Waals surface area contributed by atoms with E-state index in [1.165, 1.54) is 0 Å². The van der Waals surface area contributed by atoms with Crippen LogP contribution in [0.15, 0.2) is 30.3 Å². The van der Waals surface area contributed by atoms with Crippen molar-refractivity contribution in [1.82, 2.24) is 10.2 Å². The van der Waals surface area contributed by atoms with Gasteiger partial charge in [-0.2, -0.15) is 0 Å². The van der Waals surface area contributed by atoms with Gasteiger partial charge in [0.25, 0.3) is 5.91 Å². The molecule has 1 atom stereocenters. The zero-order valence-electron chi connectivity index (χ0n) is 12.7. The Morgan fingerprint density at radius 2 is 1.95 bits per heavy atom. The molecule has 6 nitrogen and oxygen atoms in total. The highest BCUT2D eigenvalue weighted by molar-refractivity contribution is 6.06. The number of urea groups is 1. The van der Waals surface area contributed by atoms with Crippen LogP contribution in [0.3, 0.4) is 0 Å². The molecule has 118 valence electrons. The Morgan fingerprint density at radius 1 is 1.27 bits per heavy atom. The fraction of sp³-hybridized carbons (Fsp3) is 0.438. The van der Waals surface area contributed by atoms with Crippen molar-refractivity contribution < 1.29 is 19.1 Å². The second-order valence-electron chi connectivity index (χ2n) is 5.62. The highest BCUT2D eigenvalue weighted by Crippen LogP contribution is 2.21. The van der Waals surface area contributed by atoms with Crippen LogP contribution in [0.5, 0.6) is 0 Å². The number of carbonyl (C=O) groups excluding carboxylic acids is 3. The molecule has 0 spiro atoms. The first kappa shape index (κ1) is 16.0. The number of hydrogen-bond donors (Lipinski definition) is 1. The number of hydrogen-bond acceptors (Lipinski definition) is 4. The van der Waals surface area contributed by atoms with Gasteiger partial charge in [0.05, 0.1) is 6.61 Å². The average molecular weight is 304 g/mol. The number of esters is 1. The Labute approximate surface area is 129 Å². The third-order valence-electron chi connectivity index (χ3n) is 3.40. The standard InChI is InChI=1S/C16H20N2O4/c1-11(2)8-9-22-13(19)10-18-15(20)14(17-16(18)21)12-6-4-3-5-7-12/h3-7,11,14H,8-10H2,1-2H3,(H,17,21). The zero-order chi connectivity index (χ0) is 16.1. The van der Waals surface area contributed by atoms with Crippen LogP contribution >= 0.6 is 0 Å². The first-order valence-electron chi connectivity index (χ1n) is 7.31. The normalized spacial score (nSPS) is 17.8. The van der Waals surface area contributed by atoms with Gasteiger partial charge in [0.15, 0.2) is 0 Å². The fourth-order valence-corrected chi connectivity index (χ4v) is 2.12. The maximum Gasteiger partial charge on any atom is 0.326 e. The highest BCUT2D eigenvalue weighted by atomic mass is 16.5. The van der Waals surface area contributed by atoms with E-state index in [1.54, 1.807) is 24.3 Å². The Bertz CT molecular complexity index is 557. The quantitative estimate of drug-likeness (QED) is 0.643. The second-order valence-corrected chi connectivity index (χ2v) is 5.62. The molecule has 3 amide bonds. The van der Waals surface area contributed by atoms with Gasteiger partial charge >= 0.3 is 12.0 Å². The van der Waals surface area contributed by atoms with Crippen molar-refractivity contribution in [2.24, 2.45) is 5.92 Å². The van der Waals surface area contributed by atoms with Crippen LogP contribution < -0.4 is 5.32 Å². The number of amides is 3. The van der Waals surface area contributed by atoms with Gasteiger partial charge in [0, 0.05) is 0 Å². The molecule has 0 radical (unpaired) electrons. The first-order chi connectivity index (χ1) is 10.5. The molecule has 1 aromatic carbocycles. The second kappa shape index (κ2) is 7.06. The Balaban J connectivity index is 1.93. The van der Waals surface area contributed by atoms with E-state index in [4.69, 9.17) is 4.74 Å². The Kier molecular flexibility index (Phi) is 5.14. The van der Waals surface area contributed by atoms with Gasteiger partial charge in [-0.15, -0.1) is 0 Å². The van der Waals surface area contributed by atoms with Crippen LogP contribution in [0, 0.1) is 5.92 Å². The van der Waals surface area contributed by atoms with E-state index in [9.17, 15) is 14.4 Å². The molecule has 1 fully saturated rings. The van der Waals surface area contributed by atoms with Gasteiger partial charge in [0.2, 0.25) is 0 Å². The lowest BCUT2D eigenvalue weighted by Crippen LogP contribution is -2.36. The molecule has 0 aromatic heterocycles. The summed E-state index contributed by atoms with van der Waals surface area (Å²) in [6, 6.07) is 7.61. The van der Waals surface area contributed by atoms with E-state index in [1.807, 2.05) is 19.9 Å². The summed E-state index contributed by atoms with van der Waals surface area (Å²) in [5, 5.41) is 2.58. The van der Waals surface area contributed by atoms with Crippen LogP contribution in [0.2, 0.25) is 0 Å². The minimum atomic E-state index is -0.739. The summed E-state index contributed by atoms with van der Waals surface area (Å²) in [4.78, 5) is 36.8. The number of ether oxygens (including phenoxy) is 1. The molecule has 1 aliphatic heterocycles. The maximum absolute atomic E-state index is 12.3. The van der Waals surface area contributed by atoms with Crippen LogP contribution in [0.1, 0.15) is 31.9 Å². The molecule has 1 aliphatic rings. The lowest BCUT2D eigenvalue weighted by Gasteiger charge is -2.13. The molecule has 6 heteroatoms. The zero-order valence-corrected chi connectivity index (χ0v) is 12.7. The lowest BCUT2D eigenvalue weighted by molar-refractivity contribution is -0.147. The molecule has 1 heterocycles. The highest BCUT2D eigenvalue weighted by Gasteiger charge is 2.40. The molecule has 0 aliphatic carbocycles. The summed E-state index contributed by atoms with van der Waals surface area (Å²) >= 11 is 0. The fourth-order valence-electron chi connectivity index (χ4n) is 2.12. The predicted octanol–water partition coefficient (Wildman–Crippen LogP) is 1.87. The first-order valence-corrected chi connectivity index (χ1v) is 7.31. The van der Waals surface area contributed by atoms with Gasteiger partial charge in [-0.3, -0.25) is 14.5 Å². The minimum absolute atomic E-state index is 0.294. The van der Waals surface area contributed by atoms with Crippen molar-refractivity contribution in [3.05, 3.63) is 35.9 Å². The van der Waals surface area contributed by atoms with Crippen molar-refractivity contribution in [3.63, 3.8) is 0 Å². The van der Waals surface area contributed by atoms with Gasteiger partial charge in [-0.25, -0.2) is 4.79 Å². The smallest absolute Gasteiger partial charge is 0.326 e. The van der Waals surface area contributed by atoms with E-state index < -0.39 is 23.9 Å². The van der Waals surface area contributed by atoms with Crippen LogP contribution in [-0.4, -0.2) is 36.0 Å². The molecule has 2 rings (SSSR count). The number of nitrogens with one attached hydrogen (secondary N) is 1. The number of imide groups is 1. The molecule has 1 unspecified atom stereocenters. The van der Waals surface area contributed by atoms with E-state index >= 15 is 0 Å². The molecular formula is C16H20N2O4. The van der Waals surface area contributed by atoms with Crippen LogP contribution in [0.25, 0.3) is 0 Å². The van der Waals surface area contributed by atoms with Crippen molar-refractivity contribution in [2.45, 2.75) is 26.3 Å². The van der Waals surface area contributed by atoms with E-state index in [0.29, 0.717) is 18.1 Å². The molecule has 1 aromatic rings. The summed E-state index contributed by atoms with van der Waals surface area (Å²) in [6.07, 6.45) is 0.749. The van der Waals surface area contributed by atoms with Crippen molar-refractivity contribution in [3.8, 4) is 0 Å². The molecule has 0 saturated carbocycles. The third-order valence-corrected chi connectivity index (χ3v) is 3.40. The molecule has 22 heavy (non-hydrogen) atoms. The van der Waals surface area contributed by atoms with Gasteiger partial charge in [-0.05, 0) is 17.9 Å². The third kappa shape index (κ3) is 3.84. The van der Waals surface area contributed by atoms with E-state index in [-0.39, 0.29) is 6.54 Å². The Hall–Kier alpha value is -2.37. The van der Waals surface area contributed by atoms with Crippen molar-refractivity contribution >= 4 is 17.9 Å². The number of carbonyl (C=O) groups is 3. The van der Waals surface area contributed by atoms with Crippen LogP contribution in [-0.2, 0) is 14.3 Å². The minimum Gasteiger partial charge on any atom is -0.464 e. The largest absolute Gasteiger partial charge is 0.464 e. The molecule has 1 saturated heterocycles. The summed E-state index contributed by atoms with van der Waals surface area (Å²) in [5.74, 6) is -0.582. The van der Waals surface area contributed by atoms with Gasteiger partial charge < -0.3 is 10.1 Å². The SMILES string of the molecule is CC(C)CCOC(=O)CN1C(=O)NC(c2ccccc2)C1=O. The average Bonchev–Trinajstić information content (AvgIpc) is 2.76. The van der Waals surface area contributed by atoms with E-state index in [0.717, 1.165) is 11.3 Å². The maximum atomic E-state index is 12.3. The topological polar surface area (TPSA) is 75.7 Å². The number of nitrogens with zero attached hydrogens (tertiary/aromatic N) is 1. The number of rotatable bonds is 6. The Morgan fingerprint density at radius 3 is 2.59 bits per heavy atom. The lowest BCUT2D eigenvalue weighted by atomic mass is 10.1. The molecule has 0 bridgehead atoms. The predicted molar refractivity (Wildman–Crippen MR) is 79.8 cm³/mol.